The fourth-order valence-electron chi connectivity index (χ4n) is 1.41. The highest BCUT2D eigenvalue weighted by molar-refractivity contribution is 5.99. The van der Waals surface area contributed by atoms with Gasteiger partial charge in [0.25, 0.3) is 5.91 Å². The number of nitrogens with two attached hydrogens (primary N) is 1. The minimum Gasteiger partial charge on any atom is -0.481 e. The summed E-state index contributed by atoms with van der Waals surface area (Å²) in [6.07, 6.45) is 0. The Morgan fingerprint density at radius 1 is 1.35 bits per heavy atom. The van der Waals surface area contributed by atoms with Gasteiger partial charge in [0.05, 0.1) is 11.5 Å². The fraction of sp³-hybridized carbons (Fsp3) is 0.333. The van der Waals surface area contributed by atoms with Crippen LogP contribution in [0.15, 0.2) is 18.2 Å². The van der Waals surface area contributed by atoms with E-state index in [-0.39, 0.29) is 5.91 Å². The van der Waals surface area contributed by atoms with Gasteiger partial charge in [-0.2, -0.15) is 0 Å². The molecular weight excluding hydrogens is 220 g/mol. The molecule has 0 heterocycles. The predicted molar refractivity (Wildman–Crippen MR) is 64.9 cm³/mol. The predicted octanol–water partition coefficient (Wildman–Crippen LogP) is 1.16. The topological polar surface area (TPSA) is 83.6 Å². The van der Waals surface area contributed by atoms with Gasteiger partial charge < -0.3 is 15.7 Å². The Kier molecular flexibility index (Phi) is 3.73. The van der Waals surface area contributed by atoms with Gasteiger partial charge >= 0.3 is 5.97 Å². The molecule has 0 bridgehead atoms. The third-order valence-electron chi connectivity index (χ3n) is 2.58. The summed E-state index contributed by atoms with van der Waals surface area (Å²) in [5.74, 6) is -1.83. The van der Waals surface area contributed by atoms with E-state index < -0.39 is 11.9 Å². The van der Waals surface area contributed by atoms with Gasteiger partial charge in [-0.3, -0.25) is 9.59 Å². The first-order valence-corrected chi connectivity index (χ1v) is 5.18. The van der Waals surface area contributed by atoms with Gasteiger partial charge in [-0.1, -0.05) is 6.07 Å². The Morgan fingerprint density at radius 2 is 1.94 bits per heavy atom. The molecule has 0 saturated heterocycles. The summed E-state index contributed by atoms with van der Waals surface area (Å²) in [6, 6.07) is 4.72. The van der Waals surface area contributed by atoms with E-state index in [4.69, 9.17) is 10.8 Å². The Bertz CT molecular complexity index is 455. The van der Waals surface area contributed by atoms with E-state index in [0.717, 1.165) is 0 Å². The van der Waals surface area contributed by atoms with Crippen molar-refractivity contribution < 1.29 is 14.7 Å². The molecule has 0 radical (unpaired) electrons. The summed E-state index contributed by atoms with van der Waals surface area (Å²) >= 11 is 0. The number of carbonyl (C=O) groups is 2. The van der Waals surface area contributed by atoms with Crippen molar-refractivity contribution in [3.8, 4) is 0 Å². The molecule has 1 amide bonds. The van der Waals surface area contributed by atoms with Crippen molar-refractivity contribution in [1.82, 2.24) is 4.90 Å². The van der Waals surface area contributed by atoms with Crippen LogP contribution in [0.4, 0.5) is 5.69 Å². The third-order valence-corrected chi connectivity index (χ3v) is 2.58. The molecule has 1 aromatic rings. The average molecular weight is 236 g/mol. The molecule has 5 heteroatoms. The average Bonchev–Trinajstić information content (AvgIpc) is 2.27. The smallest absolute Gasteiger partial charge is 0.310 e. The van der Waals surface area contributed by atoms with Crippen molar-refractivity contribution in [3.05, 3.63) is 29.3 Å². The summed E-state index contributed by atoms with van der Waals surface area (Å²) in [5.41, 5.74) is 6.96. The maximum atomic E-state index is 11.8. The number of hydrogen-bond donors (Lipinski definition) is 2. The van der Waals surface area contributed by atoms with Crippen LogP contribution in [0.25, 0.3) is 0 Å². The highest BCUT2D eigenvalue weighted by Gasteiger charge is 2.18. The minimum atomic E-state index is -0.932. The van der Waals surface area contributed by atoms with Crippen molar-refractivity contribution in [1.29, 1.82) is 0 Å². The number of nitrogen functional groups attached to an aromatic ring is 1. The minimum absolute atomic E-state index is 0.234. The van der Waals surface area contributed by atoms with E-state index in [0.29, 0.717) is 16.8 Å². The van der Waals surface area contributed by atoms with Gasteiger partial charge in [0.1, 0.15) is 0 Å². The second-order valence-electron chi connectivity index (χ2n) is 4.11. The van der Waals surface area contributed by atoms with E-state index in [1.54, 1.807) is 33.2 Å². The monoisotopic (exact) mass is 236 g/mol. The van der Waals surface area contributed by atoms with Crippen molar-refractivity contribution in [2.24, 2.45) is 0 Å². The zero-order valence-corrected chi connectivity index (χ0v) is 10.1. The molecule has 1 rings (SSSR count). The molecule has 0 aliphatic carbocycles. The number of anilines is 1. The van der Waals surface area contributed by atoms with E-state index in [2.05, 4.69) is 0 Å². The van der Waals surface area contributed by atoms with E-state index >= 15 is 0 Å². The highest BCUT2D eigenvalue weighted by Crippen LogP contribution is 2.21. The molecule has 0 aromatic heterocycles. The van der Waals surface area contributed by atoms with Crippen LogP contribution in [-0.2, 0) is 4.79 Å². The van der Waals surface area contributed by atoms with Crippen LogP contribution in [-0.4, -0.2) is 36.0 Å². The lowest BCUT2D eigenvalue weighted by atomic mass is 9.98. The summed E-state index contributed by atoms with van der Waals surface area (Å²) in [5, 5.41) is 8.92. The van der Waals surface area contributed by atoms with E-state index in [1.807, 2.05) is 0 Å². The number of carbonyl (C=O) groups excluding carboxylic acids is 1. The molecule has 17 heavy (non-hydrogen) atoms. The lowest BCUT2D eigenvalue weighted by Gasteiger charge is -2.14. The molecule has 1 aromatic carbocycles. The first-order valence-electron chi connectivity index (χ1n) is 5.18. The molecule has 1 atom stereocenters. The standard InChI is InChI=1S/C12H16N2O3/c1-7(12(16)17)8-4-5-10(13)9(6-8)11(15)14(2)3/h4-7H,13H2,1-3H3,(H,16,17). The van der Waals surface area contributed by atoms with Gasteiger partial charge in [0, 0.05) is 19.8 Å². The second kappa shape index (κ2) is 4.86. The van der Waals surface area contributed by atoms with Crippen LogP contribution in [0.2, 0.25) is 0 Å². The molecule has 0 aliphatic heterocycles. The Morgan fingerprint density at radius 3 is 2.41 bits per heavy atom. The van der Waals surface area contributed by atoms with Crippen molar-refractivity contribution in [3.63, 3.8) is 0 Å². The third kappa shape index (κ3) is 2.75. The Labute approximate surface area is 99.8 Å². The largest absolute Gasteiger partial charge is 0.481 e. The van der Waals surface area contributed by atoms with Crippen LogP contribution < -0.4 is 5.73 Å². The maximum Gasteiger partial charge on any atom is 0.310 e. The Hall–Kier alpha value is -2.04. The van der Waals surface area contributed by atoms with Crippen LogP contribution in [0.5, 0.6) is 0 Å². The quantitative estimate of drug-likeness (QED) is 0.771. The molecule has 0 fully saturated rings. The lowest BCUT2D eigenvalue weighted by molar-refractivity contribution is -0.138. The summed E-state index contributed by atoms with van der Waals surface area (Å²) in [6.45, 7) is 1.57. The van der Waals surface area contributed by atoms with E-state index in [9.17, 15) is 9.59 Å². The van der Waals surface area contributed by atoms with Crippen LogP contribution in [0, 0.1) is 0 Å². The summed E-state index contributed by atoms with van der Waals surface area (Å²) in [4.78, 5) is 24.1. The lowest BCUT2D eigenvalue weighted by Crippen LogP contribution is -2.23. The summed E-state index contributed by atoms with van der Waals surface area (Å²) in [7, 11) is 3.24. The number of benzene rings is 1. The normalized spacial score (nSPS) is 11.9. The first kappa shape index (κ1) is 13.0. The van der Waals surface area contributed by atoms with Crippen LogP contribution in [0.1, 0.15) is 28.8 Å². The number of rotatable bonds is 3. The molecular formula is C12H16N2O3. The van der Waals surface area contributed by atoms with Crippen molar-refractivity contribution in [2.45, 2.75) is 12.8 Å². The maximum absolute atomic E-state index is 11.8. The molecule has 5 nitrogen and oxygen atoms in total. The highest BCUT2D eigenvalue weighted by atomic mass is 16.4. The van der Waals surface area contributed by atoms with Crippen molar-refractivity contribution >= 4 is 17.6 Å². The van der Waals surface area contributed by atoms with Gasteiger partial charge in [0.2, 0.25) is 0 Å². The SMILES string of the molecule is CC(C(=O)O)c1ccc(N)c(C(=O)N(C)C)c1. The zero-order chi connectivity index (χ0) is 13.2. The first-order chi connectivity index (χ1) is 7.84. The van der Waals surface area contributed by atoms with Gasteiger partial charge in [-0.05, 0) is 24.6 Å². The van der Waals surface area contributed by atoms with Crippen LogP contribution >= 0.6 is 0 Å². The van der Waals surface area contributed by atoms with E-state index in [1.165, 1.54) is 11.0 Å². The Balaban J connectivity index is 3.19. The number of carboxylic acids is 1. The fourth-order valence-corrected chi connectivity index (χ4v) is 1.41. The number of nitrogens with zero attached hydrogens (tertiary/aromatic N) is 1. The second-order valence-corrected chi connectivity index (χ2v) is 4.11. The number of carboxylic acid groups (broad SMARTS) is 1. The molecule has 0 spiro atoms. The van der Waals surface area contributed by atoms with Crippen molar-refractivity contribution in [2.75, 3.05) is 19.8 Å². The number of amides is 1. The van der Waals surface area contributed by atoms with Gasteiger partial charge in [-0.15, -0.1) is 0 Å². The van der Waals surface area contributed by atoms with Gasteiger partial charge in [-0.25, -0.2) is 0 Å². The van der Waals surface area contributed by atoms with Gasteiger partial charge in [0.15, 0.2) is 0 Å². The molecule has 1 unspecified atom stereocenters. The molecule has 0 aliphatic rings. The molecule has 0 saturated carbocycles. The van der Waals surface area contributed by atoms with Crippen LogP contribution in [0.3, 0.4) is 0 Å². The zero-order valence-electron chi connectivity index (χ0n) is 10.1. The number of hydrogen-bond acceptors (Lipinski definition) is 3. The molecule has 3 N–H and O–H groups in total. The molecule has 92 valence electrons. The number of aliphatic carboxylic acids is 1. The summed E-state index contributed by atoms with van der Waals surface area (Å²) < 4.78 is 0.